The van der Waals surface area contributed by atoms with Crippen molar-refractivity contribution in [3.63, 3.8) is 0 Å². The van der Waals surface area contributed by atoms with Crippen LogP contribution in [-0.2, 0) is 0 Å². The van der Waals surface area contributed by atoms with Crippen molar-refractivity contribution >= 4 is 18.4 Å². The summed E-state index contributed by atoms with van der Waals surface area (Å²) >= 11 is -2.05. The Morgan fingerprint density at radius 1 is 0.765 bits per heavy atom. The van der Waals surface area contributed by atoms with Gasteiger partial charge in [0.2, 0.25) is 0 Å². The van der Waals surface area contributed by atoms with Crippen molar-refractivity contribution in [2.24, 2.45) is 0 Å². The topological polar surface area (TPSA) is 6.48 Å². The van der Waals surface area contributed by atoms with Gasteiger partial charge in [0.05, 0.1) is 0 Å². The van der Waals surface area contributed by atoms with Gasteiger partial charge in [0, 0.05) is 0 Å². The SMILES string of the molecule is CC(C)(C)N1C=CN(C(C)(C)C)[CH]1[Sn]([CH3])([CH3])[CH3]. The van der Waals surface area contributed by atoms with Crippen LogP contribution in [0.5, 0.6) is 0 Å². The fourth-order valence-corrected chi connectivity index (χ4v) is 9.92. The van der Waals surface area contributed by atoms with Crippen LogP contribution in [0, 0.1) is 0 Å². The Morgan fingerprint density at radius 3 is 1.24 bits per heavy atom. The molecule has 0 saturated heterocycles. The van der Waals surface area contributed by atoms with Crippen molar-refractivity contribution in [2.45, 2.75) is 71.6 Å². The zero-order valence-corrected chi connectivity index (χ0v) is 16.0. The second kappa shape index (κ2) is 4.36. The Kier molecular flexibility index (Phi) is 3.89. The fraction of sp³-hybridized carbons (Fsp3) is 0.857. The molecular formula is C14H30N2Sn. The summed E-state index contributed by atoms with van der Waals surface area (Å²) in [6.07, 6.45) is 4.61. The van der Waals surface area contributed by atoms with Gasteiger partial charge in [0.1, 0.15) is 0 Å². The molecule has 0 aromatic rings. The molecule has 0 amide bonds. The summed E-state index contributed by atoms with van der Waals surface area (Å²) in [6, 6.07) is 0. The maximum absolute atomic E-state index is 2.58. The van der Waals surface area contributed by atoms with Crippen molar-refractivity contribution in [1.29, 1.82) is 0 Å². The van der Waals surface area contributed by atoms with Crippen LogP contribution in [0.3, 0.4) is 0 Å². The van der Waals surface area contributed by atoms with E-state index in [1.807, 2.05) is 0 Å². The van der Waals surface area contributed by atoms with E-state index in [4.69, 9.17) is 0 Å². The molecule has 0 bridgehead atoms. The van der Waals surface area contributed by atoms with Gasteiger partial charge < -0.3 is 0 Å². The van der Waals surface area contributed by atoms with E-state index in [-0.39, 0.29) is 11.1 Å². The average molecular weight is 345 g/mol. The summed E-state index contributed by atoms with van der Waals surface area (Å²) in [4.78, 5) is 12.8. The van der Waals surface area contributed by atoms with E-state index in [2.05, 4.69) is 78.6 Å². The van der Waals surface area contributed by atoms with Crippen molar-refractivity contribution in [3.05, 3.63) is 12.4 Å². The zero-order chi connectivity index (χ0) is 13.6. The van der Waals surface area contributed by atoms with Gasteiger partial charge in [-0.2, -0.15) is 0 Å². The van der Waals surface area contributed by atoms with E-state index >= 15 is 0 Å². The molecule has 0 radical (unpaired) electrons. The van der Waals surface area contributed by atoms with Gasteiger partial charge in [-0.1, -0.05) is 0 Å². The second-order valence-electron chi connectivity index (χ2n) is 8.19. The van der Waals surface area contributed by atoms with E-state index in [0.29, 0.717) is 4.18 Å². The molecule has 0 aliphatic carbocycles. The Morgan fingerprint density at radius 2 is 1.06 bits per heavy atom. The van der Waals surface area contributed by atoms with Crippen LogP contribution in [0.1, 0.15) is 41.5 Å². The quantitative estimate of drug-likeness (QED) is 0.666. The molecule has 0 saturated carbocycles. The van der Waals surface area contributed by atoms with Crippen LogP contribution >= 0.6 is 0 Å². The van der Waals surface area contributed by atoms with Gasteiger partial charge in [-0.25, -0.2) is 0 Å². The summed E-state index contributed by atoms with van der Waals surface area (Å²) in [6.45, 7) is 13.9. The molecule has 0 aromatic heterocycles. The molecule has 3 heteroatoms. The van der Waals surface area contributed by atoms with Gasteiger partial charge in [-0.05, 0) is 0 Å². The molecule has 17 heavy (non-hydrogen) atoms. The predicted octanol–water partition coefficient (Wildman–Crippen LogP) is 3.88. The van der Waals surface area contributed by atoms with Crippen LogP contribution in [0.25, 0.3) is 0 Å². The van der Waals surface area contributed by atoms with E-state index < -0.39 is 18.4 Å². The molecule has 1 aliphatic heterocycles. The molecule has 0 unspecified atom stereocenters. The van der Waals surface area contributed by atoms with E-state index in [0.717, 1.165) is 0 Å². The predicted molar refractivity (Wildman–Crippen MR) is 79.5 cm³/mol. The molecular weight excluding hydrogens is 315 g/mol. The standard InChI is InChI=1S/C11H21N2.3CH3.Sn/c1-10(2,3)12-7-8-13(9-12)11(4,5)6;;;;/h7-9H,1-6H3;3*1H3;. The summed E-state index contributed by atoms with van der Waals surface area (Å²) in [5.74, 6) is 0. The van der Waals surface area contributed by atoms with Gasteiger partial charge in [0.25, 0.3) is 0 Å². The molecule has 1 heterocycles. The second-order valence-corrected chi connectivity index (χ2v) is 23.2. The van der Waals surface area contributed by atoms with E-state index in [1.165, 1.54) is 0 Å². The first kappa shape index (κ1) is 15.2. The molecule has 0 atom stereocenters. The first-order chi connectivity index (χ1) is 7.35. The first-order valence-corrected chi connectivity index (χ1v) is 16.8. The Balaban J connectivity index is 3.12. The summed E-state index contributed by atoms with van der Waals surface area (Å²) in [7, 11) is 0. The monoisotopic (exact) mass is 346 g/mol. The zero-order valence-electron chi connectivity index (χ0n) is 13.1. The van der Waals surface area contributed by atoms with Crippen LogP contribution in [0.15, 0.2) is 12.4 Å². The van der Waals surface area contributed by atoms with Gasteiger partial charge in [0.15, 0.2) is 0 Å². The molecule has 1 rings (SSSR count). The van der Waals surface area contributed by atoms with Gasteiger partial charge >= 0.3 is 112 Å². The number of rotatable bonds is 1. The van der Waals surface area contributed by atoms with Crippen molar-refractivity contribution in [2.75, 3.05) is 0 Å². The summed E-state index contributed by atoms with van der Waals surface area (Å²) in [5.41, 5.74) is 0.427. The molecule has 0 fully saturated rings. The number of hydrogen-bond acceptors (Lipinski definition) is 2. The summed E-state index contributed by atoms with van der Waals surface area (Å²) in [5, 5.41) is 0. The van der Waals surface area contributed by atoms with Crippen molar-refractivity contribution in [3.8, 4) is 0 Å². The van der Waals surface area contributed by atoms with E-state index in [1.54, 1.807) is 0 Å². The van der Waals surface area contributed by atoms with Crippen molar-refractivity contribution in [1.82, 2.24) is 9.80 Å². The molecule has 0 spiro atoms. The summed E-state index contributed by atoms with van der Waals surface area (Å²) < 4.78 is 0.629. The average Bonchev–Trinajstić information content (AvgIpc) is 2.42. The normalized spacial score (nSPS) is 19.4. The van der Waals surface area contributed by atoms with Gasteiger partial charge in [-0.15, -0.1) is 0 Å². The molecule has 2 nitrogen and oxygen atoms in total. The third-order valence-corrected chi connectivity index (χ3v) is 9.25. The Labute approximate surface area is 112 Å². The molecule has 100 valence electrons. The minimum atomic E-state index is -2.05. The van der Waals surface area contributed by atoms with E-state index in [9.17, 15) is 0 Å². The first-order valence-electron chi connectivity index (χ1n) is 6.60. The number of hydrogen-bond donors (Lipinski definition) is 0. The third-order valence-electron chi connectivity index (χ3n) is 3.24. The Bertz CT molecular complexity index is 278. The van der Waals surface area contributed by atoms with Crippen molar-refractivity contribution < 1.29 is 0 Å². The maximum atomic E-state index is 2.58. The molecule has 1 aliphatic rings. The van der Waals surface area contributed by atoms with Crippen LogP contribution in [0.2, 0.25) is 14.8 Å². The molecule has 0 aromatic carbocycles. The fourth-order valence-electron chi connectivity index (χ4n) is 2.46. The third kappa shape index (κ3) is 3.33. The Hall–Kier alpha value is 0.139. The minimum absolute atomic E-state index is 0.214. The molecule has 0 N–H and O–H groups in total. The van der Waals surface area contributed by atoms with Crippen LogP contribution in [0.4, 0.5) is 0 Å². The van der Waals surface area contributed by atoms with Crippen LogP contribution < -0.4 is 0 Å². The number of nitrogens with zero attached hydrogens (tertiary/aromatic N) is 2. The van der Waals surface area contributed by atoms with Crippen LogP contribution in [-0.4, -0.2) is 43.4 Å². The van der Waals surface area contributed by atoms with Gasteiger partial charge in [-0.3, -0.25) is 0 Å².